The van der Waals surface area contributed by atoms with Crippen LogP contribution in [0, 0.1) is 16.6 Å². The Morgan fingerprint density at radius 2 is 1.83 bits per heavy atom. The molecule has 2 rings (SSSR count). The van der Waals surface area contributed by atoms with Gasteiger partial charge in [-0.3, -0.25) is 15.0 Å². The number of carbonyl (C=O) groups is 3. The molecular weight excluding hydrogens is 509 g/mol. The van der Waals surface area contributed by atoms with Gasteiger partial charge >= 0.3 is 11.9 Å². The number of halogens is 2. The molecule has 2 aromatic rings. The Labute approximate surface area is 220 Å². The number of amides is 1. The molecule has 1 aromatic heterocycles. The number of carbonyl (C=O) groups excluding carboxylic acids is 2. The molecule has 36 heavy (non-hydrogen) atoms. The van der Waals surface area contributed by atoms with Gasteiger partial charge in [0.2, 0.25) is 5.91 Å². The molecule has 0 aliphatic heterocycles. The van der Waals surface area contributed by atoms with Gasteiger partial charge in [-0.2, -0.15) is 0 Å². The van der Waals surface area contributed by atoms with E-state index in [1.54, 1.807) is 12.1 Å². The average molecular weight is 542 g/mol. The molecule has 0 spiro atoms. The Bertz CT molecular complexity index is 1070. The Hall–Kier alpha value is -2.98. The van der Waals surface area contributed by atoms with Crippen LogP contribution in [0.3, 0.4) is 0 Å². The minimum absolute atomic E-state index is 0. The smallest absolute Gasteiger partial charge is 0.353 e. The highest BCUT2D eigenvalue weighted by Gasteiger charge is 2.35. The van der Waals surface area contributed by atoms with E-state index in [9.17, 15) is 18.8 Å². The number of amidine groups is 1. The fraction of sp³-hybridized carbons (Fsp3) is 0.440. The summed E-state index contributed by atoms with van der Waals surface area (Å²) in [6.45, 7) is 4.38. The fourth-order valence-corrected chi connectivity index (χ4v) is 4.71. The molecule has 0 radical (unpaired) electrons. The van der Waals surface area contributed by atoms with Crippen molar-refractivity contribution in [3.63, 3.8) is 0 Å². The number of benzene rings is 1. The van der Waals surface area contributed by atoms with Crippen molar-refractivity contribution in [3.05, 3.63) is 51.5 Å². The summed E-state index contributed by atoms with van der Waals surface area (Å²) in [5, 5.41) is 19.0. The summed E-state index contributed by atoms with van der Waals surface area (Å²) in [5.41, 5.74) is 4.89. The first-order valence-electron chi connectivity index (χ1n) is 11.6. The van der Waals surface area contributed by atoms with Crippen LogP contribution < -0.4 is 15.8 Å². The van der Waals surface area contributed by atoms with E-state index in [0.717, 1.165) is 17.4 Å². The van der Waals surface area contributed by atoms with Crippen LogP contribution >= 0.6 is 23.7 Å². The van der Waals surface area contributed by atoms with E-state index in [1.165, 1.54) is 23.5 Å². The van der Waals surface area contributed by atoms with Gasteiger partial charge in [0.1, 0.15) is 10.7 Å². The number of esters is 1. The zero-order valence-electron chi connectivity index (χ0n) is 20.4. The maximum Gasteiger partial charge on any atom is 0.353 e. The second-order valence-electron chi connectivity index (χ2n) is 8.34. The van der Waals surface area contributed by atoms with E-state index in [4.69, 9.17) is 21.0 Å². The van der Waals surface area contributed by atoms with Crippen molar-refractivity contribution in [1.82, 2.24) is 5.32 Å². The van der Waals surface area contributed by atoms with E-state index < -0.39 is 23.2 Å². The summed E-state index contributed by atoms with van der Waals surface area (Å²) in [6.07, 6.45) is 3.82. The number of nitrogen functional groups attached to an aromatic ring is 1. The lowest BCUT2D eigenvalue weighted by Gasteiger charge is -2.30. The van der Waals surface area contributed by atoms with E-state index >= 15 is 0 Å². The van der Waals surface area contributed by atoms with Crippen molar-refractivity contribution in [1.29, 1.82) is 5.41 Å². The highest BCUT2D eigenvalue weighted by atomic mass is 35.5. The monoisotopic (exact) mass is 541 g/mol. The lowest BCUT2D eigenvalue weighted by molar-refractivity contribution is -0.137. The summed E-state index contributed by atoms with van der Waals surface area (Å²) < 4.78 is 19.4. The van der Waals surface area contributed by atoms with Crippen LogP contribution in [-0.4, -0.2) is 35.3 Å². The van der Waals surface area contributed by atoms with Crippen molar-refractivity contribution in [2.45, 2.75) is 58.8 Å². The third-order valence-corrected chi connectivity index (χ3v) is 7.07. The molecule has 0 bridgehead atoms. The van der Waals surface area contributed by atoms with Gasteiger partial charge in [-0.1, -0.05) is 20.3 Å². The maximum atomic E-state index is 14.2. The molecule has 0 aliphatic carbocycles. The summed E-state index contributed by atoms with van der Waals surface area (Å²) >= 11 is 1.20. The highest BCUT2D eigenvalue weighted by Crippen LogP contribution is 2.34. The number of thiophene rings is 1. The second-order valence-corrected chi connectivity index (χ2v) is 9.51. The molecule has 0 saturated heterocycles. The Morgan fingerprint density at radius 1 is 1.14 bits per heavy atom. The van der Waals surface area contributed by atoms with Crippen molar-refractivity contribution in [3.8, 4) is 5.75 Å². The van der Waals surface area contributed by atoms with Crippen LogP contribution in [0.2, 0.25) is 0 Å². The molecule has 1 heterocycles. The van der Waals surface area contributed by atoms with Crippen molar-refractivity contribution >= 4 is 47.4 Å². The molecule has 11 heteroatoms. The first kappa shape index (κ1) is 31.1. The number of rotatable bonds is 14. The second kappa shape index (κ2) is 14.5. The highest BCUT2D eigenvalue weighted by molar-refractivity contribution is 7.14. The number of nitrogens with one attached hydrogen (secondary N) is 2. The molecule has 0 aliphatic rings. The van der Waals surface area contributed by atoms with Gasteiger partial charge in [0, 0.05) is 23.4 Å². The summed E-state index contributed by atoms with van der Waals surface area (Å²) in [4.78, 5) is 37.3. The molecule has 0 atom stereocenters. The van der Waals surface area contributed by atoms with Gasteiger partial charge in [-0.05, 0) is 62.4 Å². The first-order chi connectivity index (χ1) is 16.6. The maximum absolute atomic E-state index is 14.2. The molecule has 0 saturated carbocycles. The van der Waals surface area contributed by atoms with E-state index in [2.05, 4.69) is 5.32 Å². The van der Waals surface area contributed by atoms with Gasteiger partial charge in [0.05, 0.1) is 5.41 Å². The third kappa shape index (κ3) is 8.60. The lowest BCUT2D eigenvalue weighted by Crippen LogP contribution is -2.42. The molecule has 0 fully saturated rings. The molecule has 1 amide bonds. The number of carboxylic acids is 1. The van der Waals surface area contributed by atoms with Crippen LogP contribution in [0.5, 0.6) is 5.75 Å². The third-order valence-electron chi connectivity index (χ3n) is 6.01. The number of hydrogen-bond acceptors (Lipinski definition) is 6. The van der Waals surface area contributed by atoms with Crippen LogP contribution in [0.15, 0.2) is 30.3 Å². The first-order valence-corrected chi connectivity index (χ1v) is 12.4. The van der Waals surface area contributed by atoms with Crippen LogP contribution in [0.25, 0.3) is 0 Å². The van der Waals surface area contributed by atoms with Gasteiger partial charge in [-0.15, -0.1) is 23.7 Å². The van der Waals surface area contributed by atoms with E-state index in [1.807, 2.05) is 13.8 Å². The van der Waals surface area contributed by atoms with Gasteiger partial charge in [0.15, 0.2) is 11.6 Å². The predicted molar refractivity (Wildman–Crippen MR) is 140 cm³/mol. The number of nitrogens with two attached hydrogens (primary N) is 1. The number of carboxylic acid groups (broad SMARTS) is 1. The molecular formula is C25H33ClFN3O5S. The molecule has 198 valence electrons. The summed E-state index contributed by atoms with van der Waals surface area (Å²) in [6, 6.07) is 7.06. The topological polar surface area (TPSA) is 143 Å². The summed E-state index contributed by atoms with van der Waals surface area (Å²) in [7, 11) is 0. The van der Waals surface area contributed by atoms with Gasteiger partial charge in [-0.25, -0.2) is 9.18 Å². The molecule has 8 nitrogen and oxygen atoms in total. The molecule has 1 aromatic carbocycles. The normalized spacial score (nSPS) is 10.9. The Morgan fingerprint density at radius 3 is 2.42 bits per heavy atom. The van der Waals surface area contributed by atoms with Crippen molar-refractivity contribution in [2.24, 2.45) is 11.1 Å². The van der Waals surface area contributed by atoms with Gasteiger partial charge in [0.25, 0.3) is 0 Å². The van der Waals surface area contributed by atoms with Crippen LogP contribution in [-0.2, 0) is 16.0 Å². The minimum atomic E-state index is -0.819. The Kier molecular flexibility index (Phi) is 12.5. The zero-order valence-corrected chi connectivity index (χ0v) is 22.0. The van der Waals surface area contributed by atoms with E-state index in [-0.39, 0.29) is 46.8 Å². The number of hydrogen-bond donors (Lipinski definition) is 4. The predicted octanol–water partition coefficient (Wildman–Crippen LogP) is 4.92. The number of aliphatic carboxylic acids is 1. The standard InChI is InChI=1S/C25H32FN3O5S.ClH/c1-3-25(4-2,24(33)29-13-7-5-6-8-21(30)31)15-17-10-12-20(35-17)23(32)34-19-11-9-16(22(27)28)14-18(19)26;/h9-12,14H,3-8,13,15H2,1-2H3,(H3,27,28)(H,29,33)(H,30,31);1H. The summed E-state index contributed by atoms with van der Waals surface area (Å²) in [5.74, 6) is -2.93. The zero-order chi connectivity index (χ0) is 26.0. The lowest BCUT2D eigenvalue weighted by atomic mass is 9.77. The van der Waals surface area contributed by atoms with Gasteiger partial charge < -0.3 is 20.9 Å². The number of ether oxygens (including phenoxy) is 1. The SMILES string of the molecule is CCC(CC)(Cc1ccc(C(=O)Oc2ccc(C(=N)N)cc2F)s1)C(=O)NCCCCCC(=O)O.Cl. The molecule has 5 N–H and O–H groups in total. The van der Waals surface area contributed by atoms with Crippen LogP contribution in [0.1, 0.15) is 72.5 Å². The van der Waals surface area contributed by atoms with Crippen molar-refractivity contribution in [2.75, 3.05) is 6.54 Å². The van der Waals surface area contributed by atoms with Crippen molar-refractivity contribution < 1.29 is 28.6 Å². The van der Waals surface area contributed by atoms with Crippen LogP contribution in [0.4, 0.5) is 4.39 Å². The largest absolute Gasteiger partial charge is 0.481 e. The van der Waals surface area contributed by atoms with E-state index in [0.29, 0.717) is 38.6 Å². The minimum Gasteiger partial charge on any atom is -0.481 e. The fourth-order valence-electron chi connectivity index (χ4n) is 3.69. The Balaban J connectivity index is 0.00000648. The number of unbranched alkanes of at least 4 members (excludes halogenated alkanes) is 2. The molecule has 0 unspecified atom stereocenters. The quantitative estimate of drug-likeness (QED) is 0.0878. The average Bonchev–Trinajstić information content (AvgIpc) is 3.29.